The van der Waals surface area contributed by atoms with Crippen LogP contribution in [0.4, 0.5) is 4.39 Å². The van der Waals surface area contributed by atoms with Crippen LogP contribution in [0.15, 0.2) is 53.9 Å². The molecule has 0 fully saturated rings. The molecule has 0 aliphatic carbocycles. The van der Waals surface area contributed by atoms with Gasteiger partial charge in [-0.1, -0.05) is 6.07 Å². The smallest absolute Gasteiger partial charge is 0.303 e. The molecule has 4 rings (SSSR count). The Morgan fingerprint density at radius 1 is 1.13 bits per heavy atom. The predicted molar refractivity (Wildman–Crippen MR) is 110 cm³/mol. The Morgan fingerprint density at radius 2 is 1.90 bits per heavy atom. The zero-order valence-corrected chi connectivity index (χ0v) is 16.7. The molecule has 0 radical (unpaired) electrons. The highest BCUT2D eigenvalue weighted by molar-refractivity contribution is 6.03. The third kappa shape index (κ3) is 4.20. The van der Waals surface area contributed by atoms with E-state index in [1.165, 1.54) is 18.2 Å². The fraction of sp³-hybridized carbons (Fsp3) is 0.227. The van der Waals surface area contributed by atoms with Crippen LogP contribution in [0.1, 0.15) is 36.4 Å². The molecule has 2 aromatic carbocycles. The average Bonchev–Trinajstić information content (AvgIpc) is 3.22. The Kier molecular flexibility index (Phi) is 5.57. The molecule has 9 heteroatoms. The number of hydrazone groups is 1. The number of carbonyl (C=O) groups is 2. The maximum Gasteiger partial charge on any atom is 0.303 e. The van der Waals surface area contributed by atoms with Gasteiger partial charge in [0.25, 0.3) is 0 Å². The first-order valence-electron chi connectivity index (χ1n) is 9.62. The van der Waals surface area contributed by atoms with E-state index in [-0.39, 0.29) is 24.8 Å². The van der Waals surface area contributed by atoms with Gasteiger partial charge in [0.15, 0.2) is 0 Å². The van der Waals surface area contributed by atoms with Crippen LogP contribution in [0.2, 0.25) is 0 Å². The van der Waals surface area contributed by atoms with E-state index in [1.807, 2.05) is 12.1 Å². The molecule has 1 unspecified atom stereocenters. The Hall–Kier alpha value is -3.88. The number of hydrogen-bond donors (Lipinski definition) is 1. The van der Waals surface area contributed by atoms with E-state index in [0.717, 1.165) is 5.56 Å². The lowest BCUT2D eigenvalue weighted by Crippen LogP contribution is -2.27. The van der Waals surface area contributed by atoms with Gasteiger partial charge in [0.1, 0.15) is 11.6 Å². The summed E-state index contributed by atoms with van der Waals surface area (Å²) in [6, 6.07) is 9.35. The number of carbonyl (C=O) groups excluding carboxylic acids is 1. The van der Waals surface area contributed by atoms with Crippen LogP contribution in [-0.2, 0) is 9.59 Å². The molecule has 1 aliphatic rings. The number of fused-ring (bicyclic) bond motifs is 1. The standard InChI is InChI=1S/C22H19FN4O4/c1-31-14-3-4-15(16(23)11-14)18-12-20(27(26-18)21(28)6-7-22(29)30)13-2-5-17-19(10-13)25-9-8-24-17/h2-5,8-11,20H,6-7,12H2,1H3,(H,29,30). The van der Waals surface area contributed by atoms with E-state index in [1.54, 1.807) is 30.6 Å². The largest absolute Gasteiger partial charge is 0.497 e. The zero-order valence-electron chi connectivity index (χ0n) is 16.7. The predicted octanol–water partition coefficient (Wildman–Crippen LogP) is 3.32. The van der Waals surface area contributed by atoms with Crippen LogP contribution in [-0.4, -0.2) is 44.8 Å². The van der Waals surface area contributed by atoms with Crippen LogP contribution in [0.25, 0.3) is 11.0 Å². The molecule has 1 amide bonds. The topological polar surface area (TPSA) is 105 Å². The number of ether oxygens (including phenoxy) is 1. The summed E-state index contributed by atoms with van der Waals surface area (Å²) in [5.74, 6) is -1.66. The second kappa shape index (κ2) is 8.47. The normalized spacial score (nSPS) is 15.7. The second-order valence-electron chi connectivity index (χ2n) is 7.05. The minimum Gasteiger partial charge on any atom is -0.497 e. The summed E-state index contributed by atoms with van der Waals surface area (Å²) in [6.45, 7) is 0. The van der Waals surface area contributed by atoms with E-state index >= 15 is 0 Å². The van der Waals surface area contributed by atoms with Gasteiger partial charge in [-0.3, -0.25) is 19.6 Å². The van der Waals surface area contributed by atoms with Gasteiger partial charge in [0, 0.05) is 36.9 Å². The molecule has 2 heterocycles. The zero-order chi connectivity index (χ0) is 22.0. The highest BCUT2D eigenvalue weighted by Gasteiger charge is 2.34. The first-order chi connectivity index (χ1) is 15.0. The molecule has 1 atom stereocenters. The van der Waals surface area contributed by atoms with E-state index in [0.29, 0.717) is 22.5 Å². The van der Waals surface area contributed by atoms with Crippen LogP contribution >= 0.6 is 0 Å². The number of carboxylic acid groups (broad SMARTS) is 1. The Morgan fingerprint density at radius 3 is 2.61 bits per heavy atom. The molecule has 0 spiro atoms. The third-order valence-electron chi connectivity index (χ3n) is 5.08. The van der Waals surface area contributed by atoms with Gasteiger partial charge in [-0.05, 0) is 29.8 Å². The summed E-state index contributed by atoms with van der Waals surface area (Å²) < 4.78 is 19.7. The van der Waals surface area contributed by atoms with Gasteiger partial charge in [0.05, 0.1) is 36.3 Å². The molecule has 0 saturated heterocycles. The summed E-state index contributed by atoms with van der Waals surface area (Å²) in [4.78, 5) is 32.2. The molecular formula is C22H19FN4O4. The van der Waals surface area contributed by atoms with Gasteiger partial charge in [0.2, 0.25) is 5.91 Å². The highest BCUT2D eigenvalue weighted by Crippen LogP contribution is 2.35. The lowest BCUT2D eigenvalue weighted by molar-refractivity contribution is -0.141. The van der Waals surface area contributed by atoms with Crippen molar-refractivity contribution >= 4 is 28.6 Å². The minimum absolute atomic E-state index is 0.207. The van der Waals surface area contributed by atoms with Crippen molar-refractivity contribution < 1.29 is 23.8 Å². The van der Waals surface area contributed by atoms with Crippen LogP contribution in [0, 0.1) is 5.82 Å². The van der Waals surface area contributed by atoms with E-state index in [9.17, 15) is 14.0 Å². The Labute approximate surface area is 177 Å². The lowest BCUT2D eigenvalue weighted by Gasteiger charge is -2.22. The van der Waals surface area contributed by atoms with Gasteiger partial charge in [-0.2, -0.15) is 5.10 Å². The highest BCUT2D eigenvalue weighted by atomic mass is 19.1. The van der Waals surface area contributed by atoms with E-state index < -0.39 is 23.7 Å². The fourth-order valence-electron chi connectivity index (χ4n) is 3.54. The summed E-state index contributed by atoms with van der Waals surface area (Å²) in [6.07, 6.45) is 2.92. The monoisotopic (exact) mass is 422 g/mol. The molecule has 8 nitrogen and oxygen atoms in total. The first kappa shape index (κ1) is 20.4. The quantitative estimate of drug-likeness (QED) is 0.653. The average molecular weight is 422 g/mol. The third-order valence-corrected chi connectivity index (χ3v) is 5.08. The Balaban J connectivity index is 1.71. The van der Waals surface area contributed by atoms with Crippen molar-refractivity contribution in [2.24, 2.45) is 5.10 Å². The molecule has 3 aromatic rings. The van der Waals surface area contributed by atoms with Crippen molar-refractivity contribution in [3.8, 4) is 5.75 Å². The van der Waals surface area contributed by atoms with Crippen molar-refractivity contribution in [3.05, 3.63) is 65.7 Å². The van der Waals surface area contributed by atoms with Crippen molar-refractivity contribution in [1.29, 1.82) is 0 Å². The van der Waals surface area contributed by atoms with E-state index in [4.69, 9.17) is 9.84 Å². The maximum atomic E-state index is 14.6. The van der Waals surface area contributed by atoms with Gasteiger partial charge >= 0.3 is 5.97 Å². The first-order valence-corrected chi connectivity index (χ1v) is 9.62. The molecule has 1 N–H and O–H groups in total. The summed E-state index contributed by atoms with van der Waals surface area (Å²) in [7, 11) is 1.45. The number of hydrogen-bond acceptors (Lipinski definition) is 6. The second-order valence-corrected chi connectivity index (χ2v) is 7.05. The summed E-state index contributed by atoms with van der Waals surface area (Å²) >= 11 is 0. The van der Waals surface area contributed by atoms with Crippen LogP contribution in [0.3, 0.4) is 0 Å². The van der Waals surface area contributed by atoms with Crippen LogP contribution in [0.5, 0.6) is 5.75 Å². The molecule has 0 bridgehead atoms. The number of carboxylic acids is 1. The van der Waals surface area contributed by atoms with Gasteiger partial charge in [-0.25, -0.2) is 9.40 Å². The fourth-order valence-corrected chi connectivity index (χ4v) is 3.54. The van der Waals surface area contributed by atoms with Crippen molar-refractivity contribution in [1.82, 2.24) is 15.0 Å². The summed E-state index contributed by atoms with van der Waals surface area (Å²) in [5, 5.41) is 14.6. The van der Waals surface area contributed by atoms with Gasteiger partial charge in [-0.15, -0.1) is 0 Å². The number of aromatic nitrogens is 2. The number of rotatable bonds is 6. The molecule has 158 valence electrons. The SMILES string of the molecule is COc1ccc(C2=NN(C(=O)CCC(=O)O)C(c3ccc4nccnc4c3)C2)c(F)c1. The van der Waals surface area contributed by atoms with E-state index in [2.05, 4.69) is 15.1 Å². The number of amides is 1. The molecule has 0 saturated carbocycles. The number of methoxy groups -OCH3 is 1. The number of nitrogens with zero attached hydrogens (tertiary/aromatic N) is 4. The molecule has 1 aliphatic heterocycles. The van der Waals surface area contributed by atoms with Crippen molar-refractivity contribution in [3.63, 3.8) is 0 Å². The Bertz CT molecular complexity index is 1200. The lowest BCUT2D eigenvalue weighted by atomic mass is 9.97. The number of aliphatic carboxylic acids is 1. The van der Waals surface area contributed by atoms with Crippen molar-refractivity contribution in [2.45, 2.75) is 25.3 Å². The number of benzene rings is 2. The summed E-state index contributed by atoms with van der Waals surface area (Å²) in [5.41, 5.74) is 2.77. The molecule has 1 aromatic heterocycles. The molecular weight excluding hydrogens is 403 g/mol. The van der Waals surface area contributed by atoms with Crippen molar-refractivity contribution in [2.75, 3.05) is 7.11 Å². The minimum atomic E-state index is -1.07. The molecule has 31 heavy (non-hydrogen) atoms. The van der Waals surface area contributed by atoms with Gasteiger partial charge < -0.3 is 9.84 Å². The maximum absolute atomic E-state index is 14.6. The van der Waals surface area contributed by atoms with Crippen LogP contribution < -0.4 is 4.74 Å². The number of halogens is 1.